The highest BCUT2D eigenvalue weighted by Gasteiger charge is 2.13. The number of rotatable bonds is 3. The predicted octanol–water partition coefficient (Wildman–Crippen LogP) is 2.64. The van der Waals surface area contributed by atoms with Gasteiger partial charge in [-0.25, -0.2) is 8.78 Å². The third-order valence-electron chi connectivity index (χ3n) is 2.68. The Labute approximate surface area is 108 Å². The molecule has 1 atom stereocenters. The number of aromatic nitrogens is 1. The summed E-state index contributed by atoms with van der Waals surface area (Å²) in [6, 6.07) is 5.93. The average molecular weight is 263 g/mol. The van der Waals surface area contributed by atoms with E-state index >= 15 is 0 Å². The van der Waals surface area contributed by atoms with Crippen LogP contribution in [-0.2, 0) is 0 Å². The molecule has 1 heterocycles. The average Bonchev–Trinajstić information content (AvgIpc) is 2.41. The van der Waals surface area contributed by atoms with Crippen molar-refractivity contribution in [1.82, 2.24) is 4.98 Å². The van der Waals surface area contributed by atoms with Gasteiger partial charge in [0.05, 0.1) is 6.10 Å². The maximum absolute atomic E-state index is 13.0. The normalized spacial score (nSPS) is 12.2. The summed E-state index contributed by atoms with van der Waals surface area (Å²) in [5, 5.41) is 9.32. The summed E-state index contributed by atoms with van der Waals surface area (Å²) in [6.45, 7) is 1.58. The quantitative estimate of drug-likeness (QED) is 0.866. The van der Waals surface area contributed by atoms with Crippen molar-refractivity contribution in [2.24, 2.45) is 0 Å². The first-order valence-electron chi connectivity index (χ1n) is 5.63. The molecule has 1 aromatic heterocycles. The number of carbonyl (C=O) groups excluding carboxylic acids is 1. The summed E-state index contributed by atoms with van der Waals surface area (Å²) in [7, 11) is 0. The highest BCUT2D eigenvalue weighted by molar-refractivity contribution is 6.07. The number of hydrogen-bond acceptors (Lipinski definition) is 3. The summed E-state index contributed by atoms with van der Waals surface area (Å²) in [4.78, 5) is 15.9. The fourth-order valence-electron chi connectivity index (χ4n) is 1.57. The number of halogens is 2. The first-order chi connectivity index (χ1) is 8.99. The SMILES string of the molecule is CC(O)c1ccc(C(=O)c2ccc(F)c(F)c2)nc1. The second-order valence-electron chi connectivity index (χ2n) is 4.11. The third kappa shape index (κ3) is 2.82. The van der Waals surface area contributed by atoms with Gasteiger partial charge in [-0.05, 0) is 36.8 Å². The van der Waals surface area contributed by atoms with E-state index in [-0.39, 0.29) is 11.3 Å². The first-order valence-corrected chi connectivity index (χ1v) is 5.63. The van der Waals surface area contributed by atoms with E-state index in [0.717, 1.165) is 12.1 Å². The number of aliphatic hydroxyl groups is 1. The van der Waals surface area contributed by atoms with Gasteiger partial charge in [0.25, 0.3) is 0 Å². The predicted molar refractivity (Wildman–Crippen MR) is 64.7 cm³/mol. The van der Waals surface area contributed by atoms with Crippen molar-refractivity contribution in [1.29, 1.82) is 0 Å². The van der Waals surface area contributed by atoms with E-state index in [9.17, 15) is 18.7 Å². The fraction of sp³-hybridized carbons (Fsp3) is 0.143. The van der Waals surface area contributed by atoms with Crippen LogP contribution in [0.25, 0.3) is 0 Å². The number of hydrogen-bond donors (Lipinski definition) is 1. The molecule has 3 nitrogen and oxygen atoms in total. The molecule has 0 saturated carbocycles. The molecule has 1 N–H and O–H groups in total. The molecule has 2 rings (SSSR count). The molecule has 98 valence electrons. The minimum atomic E-state index is -1.08. The number of nitrogens with zero attached hydrogens (tertiary/aromatic N) is 1. The van der Waals surface area contributed by atoms with Gasteiger partial charge in [0.2, 0.25) is 5.78 Å². The van der Waals surface area contributed by atoms with Crippen LogP contribution >= 0.6 is 0 Å². The van der Waals surface area contributed by atoms with Crippen LogP contribution in [0.5, 0.6) is 0 Å². The largest absolute Gasteiger partial charge is 0.389 e. The number of carbonyl (C=O) groups is 1. The van der Waals surface area contributed by atoms with Gasteiger partial charge in [0.15, 0.2) is 11.6 Å². The molecule has 0 aliphatic heterocycles. The van der Waals surface area contributed by atoms with E-state index < -0.39 is 23.5 Å². The molecular formula is C14H11F2NO2. The minimum Gasteiger partial charge on any atom is -0.389 e. The minimum absolute atomic E-state index is 0.0243. The van der Waals surface area contributed by atoms with Crippen LogP contribution < -0.4 is 0 Å². The Hall–Kier alpha value is -2.14. The molecule has 0 bridgehead atoms. The van der Waals surface area contributed by atoms with Gasteiger partial charge < -0.3 is 5.11 Å². The highest BCUT2D eigenvalue weighted by Crippen LogP contribution is 2.15. The van der Waals surface area contributed by atoms with Crippen molar-refractivity contribution < 1.29 is 18.7 Å². The number of aliphatic hydroxyl groups excluding tert-OH is 1. The molecular weight excluding hydrogens is 252 g/mol. The Morgan fingerprint density at radius 2 is 1.95 bits per heavy atom. The third-order valence-corrected chi connectivity index (χ3v) is 2.68. The molecule has 1 aromatic carbocycles. The molecule has 0 fully saturated rings. The van der Waals surface area contributed by atoms with Gasteiger partial charge >= 0.3 is 0 Å². The van der Waals surface area contributed by atoms with E-state index in [0.29, 0.717) is 5.56 Å². The smallest absolute Gasteiger partial charge is 0.211 e. The summed E-state index contributed by atoms with van der Waals surface area (Å²) in [5.41, 5.74) is 0.702. The van der Waals surface area contributed by atoms with Crippen LogP contribution in [0.4, 0.5) is 8.78 Å². The standard InChI is InChI=1S/C14H11F2NO2/c1-8(18)10-3-5-13(17-7-10)14(19)9-2-4-11(15)12(16)6-9/h2-8,18H,1H3. The van der Waals surface area contributed by atoms with Crippen molar-refractivity contribution in [2.75, 3.05) is 0 Å². The summed E-state index contributed by atoms with van der Waals surface area (Å²) in [6.07, 6.45) is 0.692. The van der Waals surface area contributed by atoms with Crippen molar-refractivity contribution in [3.63, 3.8) is 0 Å². The zero-order valence-electron chi connectivity index (χ0n) is 10.1. The topological polar surface area (TPSA) is 50.2 Å². The summed E-state index contributed by atoms with van der Waals surface area (Å²) < 4.78 is 25.8. The van der Waals surface area contributed by atoms with E-state index in [2.05, 4.69) is 4.98 Å². The number of ketones is 1. The van der Waals surface area contributed by atoms with Gasteiger partial charge in [-0.1, -0.05) is 6.07 Å². The lowest BCUT2D eigenvalue weighted by Gasteiger charge is -2.05. The molecule has 2 aromatic rings. The number of benzene rings is 1. The van der Waals surface area contributed by atoms with Gasteiger partial charge in [0.1, 0.15) is 5.69 Å². The van der Waals surface area contributed by atoms with Crippen LogP contribution in [0.1, 0.15) is 34.6 Å². The van der Waals surface area contributed by atoms with Crippen LogP contribution in [0, 0.1) is 11.6 Å². The molecule has 19 heavy (non-hydrogen) atoms. The molecule has 0 radical (unpaired) electrons. The van der Waals surface area contributed by atoms with Crippen molar-refractivity contribution in [3.05, 3.63) is 65.0 Å². The van der Waals surface area contributed by atoms with Crippen molar-refractivity contribution in [2.45, 2.75) is 13.0 Å². The van der Waals surface area contributed by atoms with Crippen molar-refractivity contribution >= 4 is 5.78 Å². The van der Waals surface area contributed by atoms with Crippen LogP contribution in [0.3, 0.4) is 0 Å². The van der Waals surface area contributed by atoms with Gasteiger partial charge in [-0.3, -0.25) is 9.78 Å². The Bertz CT molecular complexity index is 609. The second-order valence-corrected chi connectivity index (χ2v) is 4.11. The fourth-order valence-corrected chi connectivity index (χ4v) is 1.57. The number of pyridine rings is 1. The zero-order chi connectivity index (χ0) is 14.0. The molecule has 0 spiro atoms. The Morgan fingerprint density at radius 3 is 2.47 bits per heavy atom. The second kappa shape index (κ2) is 5.24. The maximum atomic E-state index is 13.0. The Kier molecular flexibility index (Phi) is 3.66. The van der Waals surface area contributed by atoms with Crippen molar-refractivity contribution in [3.8, 4) is 0 Å². The van der Waals surface area contributed by atoms with E-state index in [1.165, 1.54) is 18.3 Å². The lowest BCUT2D eigenvalue weighted by molar-refractivity contribution is 0.103. The van der Waals surface area contributed by atoms with Gasteiger partial charge in [-0.2, -0.15) is 0 Å². The van der Waals surface area contributed by atoms with Gasteiger partial charge in [-0.15, -0.1) is 0 Å². The first kappa shape index (κ1) is 13.3. The van der Waals surface area contributed by atoms with E-state index in [1.54, 1.807) is 13.0 Å². The Balaban J connectivity index is 2.30. The van der Waals surface area contributed by atoms with E-state index in [4.69, 9.17) is 0 Å². The van der Waals surface area contributed by atoms with E-state index in [1.807, 2.05) is 0 Å². The van der Waals surface area contributed by atoms with Crippen LogP contribution in [0.2, 0.25) is 0 Å². The summed E-state index contributed by atoms with van der Waals surface area (Å²) >= 11 is 0. The zero-order valence-corrected chi connectivity index (χ0v) is 10.1. The monoisotopic (exact) mass is 263 g/mol. The molecule has 0 amide bonds. The highest BCUT2D eigenvalue weighted by atomic mass is 19.2. The molecule has 0 aliphatic carbocycles. The maximum Gasteiger partial charge on any atom is 0.211 e. The Morgan fingerprint density at radius 1 is 1.21 bits per heavy atom. The van der Waals surface area contributed by atoms with Crippen LogP contribution in [-0.4, -0.2) is 15.9 Å². The molecule has 5 heteroatoms. The lowest BCUT2D eigenvalue weighted by Crippen LogP contribution is -2.06. The molecule has 0 saturated heterocycles. The lowest BCUT2D eigenvalue weighted by atomic mass is 10.1. The molecule has 0 aliphatic rings. The summed E-state index contributed by atoms with van der Waals surface area (Å²) in [5.74, 6) is -2.59. The molecule has 1 unspecified atom stereocenters. The van der Waals surface area contributed by atoms with Crippen LogP contribution in [0.15, 0.2) is 36.5 Å². The van der Waals surface area contributed by atoms with Gasteiger partial charge in [0, 0.05) is 11.8 Å².